The molecule has 0 spiro atoms. The molecule has 1 fully saturated rings. The molecule has 0 N–H and O–H groups in total. The second-order valence-corrected chi connectivity index (χ2v) is 6.51. The Bertz CT molecular complexity index is 584. The summed E-state index contributed by atoms with van der Waals surface area (Å²) in [7, 11) is 0. The monoisotopic (exact) mass is 326 g/mol. The largest absolute Gasteiger partial charge is 0.489 e. The maximum Gasteiger partial charge on any atom is 0.131 e. The normalized spacial score (nSPS) is 20.0. The molecule has 0 saturated heterocycles. The van der Waals surface area contributed by atoms with E-state index in [1.807, 2.05) is 38.4 Å². The summed E-state index contributed by atoms with van der Waals surface area (Å²) in [6.45, 7) is 8.93. The molecule has 0 aliphatic heterocycles. The molecule has 1 heterocycles. The Morgan fingerprint density at radius 3 is 2.12 bits per heavy atom. The molecular formula is C21H30N2O. The molecule has 1 aromatic heterocycles. The summed E-state index contributed by atoms with van der Waals surface area (Å²) in [6.07, 6.45) is 8.86. The summed E-state index contributed by atoms with van der Waals surface area (Å²) in [5.74, 6) is 3.30. The highest BCUT2D eigenvalue weighted by Gasteiger charge is 2.21. The predicted octanol–water partition coefficient (Wildman–Crippen LogP) is 5.68. The fourth-order valence-corrected chi connectivity index (χ4v) is 2.97. The van der Waals surface area contributed by atoms with Crippen LogP contribution in [-0.4, -0.2) is 9.97 Å². The minimum atomic E-state index is 0.519. The molecule has 1 aliphatic carbocycles. The molecule has 0 atom stereocenters. The zero-order valence-electron chi connectivity index (χ0n) is 15.5. The molecule has 0 unspecified atom stereocenters. The third-order valence-corrected chi connectivity index (χ3v) is 4.53. The second kappa shape index (κ2) is 9.41. The van der Waals surface area contributed by atoms with E-state index in [0.717, 1.165) is 23.1 Å². The highest BCUT2D eigenvalue weighted by molar-refractivity contribution is 5.26. The lowest BCUT2D eigenvalue weighted by Crippen LogP contribution is -2.13. The van der Waals surface area contributed by atoms with Crippen LogP contribution in [0.4, 0.5) is 0 Å². The van der Waals surface area contributed by atoms with Crippen LogP contribution in [0, 0.1) is 12.8 Å². The number of aromatic nitrogens is 2. The van der Waals surface area contributed by atoms with E-state index < -0.39 is 0 Å². The quantitative estimate of drug-likeness (QED) is 0.724. The number of hydrogen-bond donors (Lipinski definition) is 0. The van der Waals surface area contributed by atoms with Crippen molar-refractivity contribution in [2.45, 2.75) is 65.9 Å². The van der Waals surface area contributed by atoms with Crippen molar-refractivity contribution in [3.8, 4) is 5.75 Å². The van der Waals surface area contributed by atoms with Crippen LogP contribution in [0.5, 0.6) is 5.75 Å². The standard InChI is InChI=1S/C19H24N2O.C2H6/c1-14-3-7-17(8-4-14)19-20-11-16(12-21-19)13-22-18-9-5-15(2)6-10-18;1-2/h5-6,9-12,14,17H,3-4,7-8,13H2,1-2H3;1-2H3. The van der Waals surface area contributed by atoms with Crippen molar-refractivity contribution in [3.05, 3.63) is 53.6 Å². The van der Waals surface area contributed by atoms with Crippen molar-refractivity contribution in [2.24, 2.45) is 5.92 Å². The summed E-state index contributed by atoms with van der Waals surface area (Å²) in [5, 5.41) is 0. The summed E-state index contributed by atoms with van der Waals surface area (Å²) in [4.78, 5) is 9.13. The smallest absolute Gasteiger partial charge is 0.131 e. The van der Waals surface area contributed by atoms with E-state index in [9.17, 15) is 0 Å². The van der Waals surface area contributed by atoms with Crippen LogP contribution in [0.2, 0.25) is 0 Å². The van der Waals surface area contributed by atoms with Gasteiger partial charge >= 0.3 is 0 Å². The topological polar surface area (TPSA) is 35.0 Å². The van der Waals surface area contributed by atoms with Gasteiger partial charge in [0, 0.05) is 23.9 Å². The van der Waals surface area contributed by atoms with Crippen molar-refractivity contribution in [1.29, 1.82) is 0 Å². The molecule has 1 saturated carbocycles. The van der Waals surface area contributed by atoms with E-state index in [4.69, 9.17) is 4.74 Å². The van der Waals surface area contributed by atoms with E-state index >= 15 is 0 Å². The first kappa shape index (κ1) is 18.4. The molecular weight excluding hydrogens is 296 g/mol. The maximum atomic E-state index is 5.77. The summed E-state index contributed by atoms with van der Waals surface area (Å²) >= 11 is 0. The zero-order chi connectivity index (χ0) is 17.4. The Balaban J connectivity index is 0.00000100. The van der Waals surface area contributed by atoms with E-state index in [-0.39, 0.29) is 0 Å². The Morgan fingerprint density at radius 2 is 1.54 bits per heavy atom. The number of hydrogen-bond acceptors (Lipinski definition) is 3. The molecule has 3 nitrogen and oxygen atoms in total. The number of aryl methyl sites for hydroxylation is 1. The predicted molar refractivity (Wildman–Crippen MR) is 99.3 cm³/mol. The first-order valence-corrected chi connectivity index (χ1v) is 9.21. The number of ether oxygens (including phenoxy) is 1. The van der Waals surface area contributed by atoms with Crippen LogP contribution in [-0.2, 0) is 6.61 Å². The van der Waals surface area contributed by atoms with Gasteiger partial charge in [0.05, 0.1) is 0 Å². The van der Waals surface area contributed by atoms with Gasteiger partial charge in [-0.25, -0.2) is 9.97 Å². The third kappa shape index (κ3) is 5.33. The molecule has 0 bridgehead atoms. The van der Waals surface area contributed by atoms with Crippen LogP contribution >= 0.6 is 0 Å². The van der Waals surface area contributed by atoms with Gasteiger partial charge in [0.15, 0.2) is 0 Å². The highest BCUT2D eigenvalue weighted by Crippen LogP contribution is 2.33. The van der Waals surface area contributed by atoms with Crippen molar-refractivity contribution < 1.29 is 4.74 Å². The first-order valence-electron chi connectivity index (χ1n) is 9.21. The summed E-state index contributed by atoms with van der Waals surface area (Å²) < 4.78 is 5.77. The van der Waals surface area contributed by atoms with Gasteiger partial charge in [0.25, 0.3) is 0 Å². The van der Waals surface area contributed by atoms with Gasteiger partial charge in [-0.05, 0) is 37.8 Å². The van der Waals surface area contributed by atoms with Crippen molar-refractivity contribution in [2.75, 3.05) is 0 Å². The van der Waals surface area contributed by atoms with Gasteiger partial charge < -0.3 is 4.74 Å². The summed E-state index contributed by atoms with van der Waals surface area (Å²) in [5.41, 5.74) is 2.26. The van der Waals surface area contributed by atoms with Crippen LogP contribution in [0.3, 0.4) is 0 Å². The Kier molecular flexibility index (Phi) is 7.23. The molecule has 24 heavy (non-hydrogen) atoms. The third-order valence-electron chi connectivity index (χ3n) is 4.53. The highest BCUT2D eigenvalue weighted by atomic mass is 16.5. The van der Waals surface area contributed by atoms with E-state index in [0.29, 0.717) is 12.5 Å². The lowest BCUT2D eigenvalue weighted by atomic mass is 9.82. The fourth-order valence-electron chi connectivity index (χ4n) is 2.97. The van der Waals surface area contributed by atoms with Gasteiger partial charge in [0.2, 0.25) is 0 Å². The van der Waals surface area contributed by atoms with Crippen molar-refractivity contribution in [3.63, 3.8) is 0 Å². The Hall–Kier alpha value is -1.90. The molecule has 130 valence electrons. The fraction of sp³-hybridized carbons (Fsp3) is 0.524. The number of benzene rings is 1. The zero-order valence-corrected chi connectivity index (χ0v) is 15.5. The lowest BCUT2D eigenvalue weighted by Gasteiger charge is -2.24. The Labute approximate surface area is 146 Å². The van der Waals surface area contributed by atoms with Gasteiger partial charge in [0.1, 0.15) is 18.2 Å². The lowest BCUT2D eigenvalue weighted by molar-refractivity contribution is 0.304. The van der Waals surface area contributed by atoms with Crippen LogP contribution < -0.4 is 4.74 Å². The van der Waals surface area contributed by atoms with Crippen LogP contribution in [0.15, 0.2) is 36.7 Å². The number of rotatable bonds is 4. The van der Waals surface area contributed by atoms with Crippen LogP contribution in [0.25, 0.3) is 0 Å². The average Bonchev–Trinajstić information content (AvgIpc) is 2.64. The van der Waals surface area contributed by atoms with Crippen LogP contribution in [0.1, 0.15) is 69.3 Å². The van der Waals surface area contributed by atoms with E-state index in [1.165, 1.54) is 31.2 Å². The van der Waals surface area contributed by atoms with Gasteiger partial charge in [-0.3, -0.25) is 0 Å². The average molecular weight is 326 g/mol. The minimum absolute atomic E-state index is 0.519. The van der Waals surface area contributed by atoms with Gasteiger partial charge in [-0.15, -0.1) is 0 Å². The molecule has 0 radical (unpaired) electrons. The van der Waals surface area contributed by atoms with Gasteiger partial charge in [-0.2, -0.15) is 0 Å². The maximum absolute atomic E-state index is 5.77. The molecule has 3 rings (SSSR count). The molecule has 2 aromatic rings. The minimum Gasteiger partial charge on any atom is -0.489 e. The Morgan fingerprint density at radius 1 is 0.958 bits per heavy atom. The summed E-state index contributed by atoms with van der Waals surface area (Å²) in [6, 6.07) is 8.10. The molecule has 3 heteroatoms. The molecule has 1 aliphatic rings. The van der Waals surface area contributed by atoms with E-state index in [1.54, 1.807) is 0 Å². The second-order valence-electron chi connectivity index (χ2n) is 6.51. The van der Waals surface area contributed by atoms with Gasteiger partial charge in [-0.1, -0.05) is 51.3 Å². The molecule has 0 amide bonds. The SMILES string of the molecule is CC.Cc1ccc(OCc2cnc(C3CCC(C)CC3)nc2)cc1. The first-order chi connectivity index (χ1) is 11.7. The number of nitrogens with zero attached hydrogens (tertiary/aromatic N) is 2. The van der Waals surface area contributed by atoms with E-state index in [2.05, 4.69) is 35.9 Å². The van der Waals surface area contributed by atoms with Crippen molar-refractivity contribution >= 4 is 0 Å². The van der Waals surface area contributed by atoms with Crippen molar-refractivity contribution in [1.82, 2.24) is 9.97 Å². The molecule has 1 aromatic carbocycles.